The lowest BCUT2D eigenvalue weighted by Crippen LogP contribution is -2.40. The van der Waals surface area contributed by atoms with Crippen molar-refractivity contribution in [3.8, 4) is 5.75 Å². The van der Waals surface area contributed by atoms with Crippen molar-refractivity contribution in [2.45, 2.75) is 52.2 Å². The zero-order chi connectivity index (χ0) is 26.8. The Bertz CT molecular complexity index is 1540. The third kappa shape index (κ3) is 5.18. The molecule has 3 heterocycles. The molecular formula is C30H33N3O4S. The number of allylic oxidation sites excluding steroid dienone is 1. The molecule has 3 aromatic rings. The van der Waals surface area contributed by atoms with Crippen LogP contribution in [0.1, 0.15) is 57.2 Å². The molecule has 198 valence electrons. The Morgan fingerprint density at radius 1 is 1.11 bits per heavy atom. The first-order valence-corrected chi connectivity index (χ1v) is 13.9. The van der Waals surface area contributed by atoms with Crippen molar-refractivity contribution in [2.24, 2.45) is 4.99 Å². The van der Waals surface area contributed by atoms with Crippen LogP contribution in [0.5, 0.6) is 5.75 Å². The van der Waals surface area contributed by atoms with Crippen LogP contribution in [0, 0.1) is 0 Å². The smallest absolute Gasteiger partial charge is 0.338 e. The van der Waals surface area contributed by atoms with Gasteiger partial charge in [0.15, 0.2) is 4.80 Å². The van der Waals surface area contributed by atoms with Crippen LogP contribution in [0.2, 0.25) is 0 Å². The lowest BCUT2D eigenvalue weighted by atomic mass is 9.95. The molecule has 0 aliphatic carbocycles. The number of aromatic nitrogens is 1. The van der Waals surface area contributed by atoms with E-state index in [4.69, 9.17) is 9.47 Å². The summed E-state index contributed by atoms with van der Waals surface area (Å²) in [6, 6.07) is 15.1. The lowest BCUT2D eigenvalue weighted by molar-refractivity contribution is -0.143. The number of ether oxygens (including phenoxy) is 2. The van der Waals surface area contributed by atoms with Crippen molar-refractivity contribution in [1.29, 1.82) is 0 Å². The van der Waals surface area contributed by atoms with E-state index in [0.717, 1.165) is 24.2 Å². The van der Waals surface area contributed by atoms with Crippen LogP contribution in [0.4, 0.5) is 5.69 Å². The molecule has 7 nitrogen and oxygen atoms in total. The van der Waals surface area contributed by atoms with E-state index in [-0.39, 0.29) is 11.7 Å². The highest BCUT2D eigenvalue weighted by Crippen LogP contribution is 2.32. The van der Waals surface area contributed by atoms with Crippen LogP contribution in [0.3, 0.4) is 0 Å². The van der Waals surface area contributed by atoms with Gasteiger partial charge in [-0.15, -0.1) is 0 Å². The summed E-state index contributed by atoms with van der Waals surface area (Å²) in [6.45, 7) is 7.58. The topological polar surface area (TPSA) is 73.1 Å². The number of carbonyl (C=O) groups excluding carboxylic acids is 1. The molecule has 1 unspecified atom stereocenters. The summed E-state index contributed by atoms with van der Waals surface area (Å²) in [6.07, 6.45) is 5.35. The minimum absolute atomic E-state index is 0.191. The average molecular weight is 532 g/mol. The van der Waals surface area contributed by atoms with Gasteiger partial charge in [0, 0.05) is 18.8 Å². The number of fused-ring (bicyclic) bond motifs is 1. The third-order valence-electron chi connectivity index (χ3n) is 6.91. The maximum atomic E-state index is 13.8. The molecule has 2 aliphatic heterocycles. The first-order valence-electron chi connectivity index (χ1n) is 13.1. The summed E-state index contributed by atoms with van der Waals surface area (Å²) in [4.78, 5) is 34.7. The fourth-order valence-corrected chi connectivity index (χ4v) is 6.12. The van der Waals surface area contributed by atoms with Gasteiger partial charge in [0.25, 0.3) is 5.56 Å². The van der Waals surface area contributed by atoms with Crippen molar-refractivity contribution >= 4 is 29.1 Å². The number of thiazole rings is 1. The molecule has 0 N–H and O–H groups in total. The monoisotopic (exact) mass is 531 g/mol. The minimum Gasteiger partial charge on any atom is -0.497 e. The Balaban J connectivity index is 1.59. The van der Waals surface area contributed by atoms with Gasteiger partial charge in [0.2, 0.25) is 0 Å². The molecule has 8 heteroatoms. The van der Waals surface area contributed by atoms with Crippen molar-refractivity contribution in [1.82, 2.24) is 4.57 Å². The zero-order valence-corrected chi connectivity index (χ0v) is 23.1. The van der Waals surface area contributed by atoms with Crippen molar-refractivity contribution in [2.75, 3.05) is 25.1 Å². The van der Waals surface area contributed by atoms with Crippen LogP contribution in [0.25, 0.3) is 6.08 Å². The Labute approximate surface area is 226 Å². The maximum Gasteiger partial charge on any atom is 0.338 e. The number of rotatable bonds is 6. The fourth-order valence-electron chi connectivity index (χ4n) is 5.07. The van der Waals surface area contributed by atoms with Gasteiger partial charge in [-0.1, -0.05) is 35.6 Å². The molecule has 0 amide bonds. The predicted octanol–water partition coefficient (Wildman–Crippen LogP) is 4.19. The normalized spacial score (nSPS) is 17.9. The van der Waals surface area contributed by atoms with Gasteiger partial charge in [-0.3, -0.25) is 9.36 Å². The highest BCUT2D eigenvalue weighted by Gasteiger charge is 2.34. The van der Waals surface area contributed by atoms with Crippen molar-refractivity contribution in [3.63, 3.8) is 0 Å². The second-order valence-corrected chi connectivity index (χ2v) is 11.0. The van der Waals surface area contributed by atoms with E-state index in [1.165, 1.54) is 36.3 Å². The van der Waals surface area contributed by atoms with Gasteiger partial charge in [-0.25, -0.2) is 9.79 Å². The standard InChI is InChI=1S/C30H33N3O4S/c1-19(2)37-29(35)26-20(3)31-30-33(27(26)22-9-8-10-24(18-22)36-4)28(34)25(38-30)17-21-11-13-23(14-12-21)32-15-6-5-7-16-32/h8-14,17-19,27H,5-7,15-16H2,1-4H3/b25-17+. The largest absolute Gasteiger partial charge is 0.497 e. The molecule has 1 atom stereocenters. The number of carbonyl (C=O) groups is 1. The number of esters is 1. The van der Waals surface area contributed by atoms with E-state index in [1.54, 1.807) is 32.4 Å². The number of hydrogen-bond donors (Lipinski definition) is 0. The fraction of sp³-hybridized carbons (Fsp3) is 0.367. The molecule has 38 heavy (non-hydrogen) atoms. The van der Waals surface area contributed by atoms with Crippen molar-refractivity contribution < 1.29 is 14.3 Å². The summed E-state index contributed by atoms with van der Waals surface area (Å²) in [5, 5.41) is 0. The van der Waals surface area contributed by atoms with Gasteiger partial charge in [-0.05, 0) is 81.5 Å². The van der Waals surface area contributed by atoms with E-state index in [9.17, 15) is 9.59 Å². The number of nitrogens with zero attached hydrogens (tertiary/aromatic N) is 3. The SMILES string of the molecule is COc1cccc(C2C(C(=O)OC(C)C)=C(C)N=c3s/c(=C/c4ccc(N5CCCCC5)cc4)c(=O)n32)c1. The predicted molar refractivity (Wildman–Crippen MR) is 150 cm³/mol. The molecule has 0 spiro atoms. The molecule has 0 saturated carbocycles. The van der Waals surface area contributed by atoms with E-state index < -0.39 is 12.0 Å². The van der Waals surface area contributed by atoms with E-state index in [0.29, 0.717) is 26.4 Å². The summed E-state index contributed by atoms with van der Waals surface area (Å²) in [5.41, 5.74) is 3.63. The van der Waals surface area contributed by atoms with Crippen LogP contribution in [-0.4, -0.2) is 36.8 Å². The van der Waals surface area contributed by atoms with E-state index >= 15 is 0 Å². The second-order valence-electron chi connectivity index (χ2n) is 9.95. The average Bonchev–Trinajstić information content (AvgIpc) is 3.22. The van der Waals surface area contributed by atoms with Crippen LogP contribution in [-0.2, 0) is 9.53 Å². The zero-order valence-electron chi connectivity index (χ0n) is 22.3. The first kappa shape index (κ1) is 26.0. The summed E-state index contributed by atoms with van der Waals surface area (Å²) in [5.74, 6) is 0.168. The van der Waals surface area contributed by atoms with Crippen LogP contribution < -0.4 is 24.5 Å². The number of hydrogen-bond acceptors (Lipinski definition) is 7. The highest BCUT2D eigenvalue weighted by molar-refractivity contribution is 7.07. The molecule has 1 saturated heterocycles. The van der Waals surface area contributed by atoms with Crippen LogP contribution in [0.15, 0.2) is 69.6 Å². The summed E-state index contributed by atoms with van der Waals surface area (Å²) in [7, 11) is 1.59. The van der Waals surface area contributed by atoms with Gasteiger partial charge in [0.1, 0.15) is 5.75 Å². The molecule has 0 bridgehead atoms. The number of benzene rings is 2. The molecule has 0 radical (unpaired) electrons. The highest BCUT2D eigenvalue weighted by atomic mass is 32.1. The molecular weight excluding hydrogens is 498 g/mol. The number of piperidine rings is 1. The van der Waals surface area contributed by atoms with Gasteiger partial charge in [0.05, 0.1) is 35.1 Å². The second kappa shape index (κ2) is 11.0. The number of anilines is 1. The number of methoxy groups -OCH3 is 1. The minimum atomic E-state index is -0.670. The Hall–Kier alpha value is -3.65. The lowest BCUT2D eigenvalue weighted by Gasteiger charge is -2.28. The first-order chi connectivity index (χ1) is 18.4. The van der Waals surface area contributed by atoms with Crippen molar-refractivity contribution in [3.05, 3.63) is 90.6 Å². The van der Waals surface area contributed by atoms with Gasteiger partial charge in [-0.2, -0.15) is 0 Å². The molecule has 2 aromatic carbocycles. The Morgan fingerprint density at radius 3 is 2.53 bits per heavy atom. The molecule has 1 fully saturated rings. The summed E-state index contributed by atoms with van der Waals surface area (Å²) < 4.78 is 13.2. The van der Waals surface area contributed by atoms with E-state index in [1.807, 2.05) is 30.3 Å². The maximum absolute atomic E-state index is 13.8. The summed E-state index contributed by atoms with van der Waals surface area (Å²) >= 11 is 1.33. The molecule has 5 rings (SSSR count). The molecule has 2 aliphatic rings. The van der Waals surface area contributed by atoms with Crippen LogP contribution >= 0.6 is 11.3 Å². The Kier molecular flexibility index (Phi) is 7.51. The van der Waals surface area contributed by atoms with E-state index in [2.05, 4.69) is 34.2 Å². The van der Waals surface area contributed by atoms with Gasteiger partial charge >= 0.3 is 5.97 Å². The van der Waals surface area contributed by atoms with Gasteiger partial charge < -0.3 is 14.4 Å². The third-order valence-corrected chi connectivity index (χ3v) is 7.89. The quantitative estimate of drug-likeness (QED) is 0.446. The Morgan fingerprint density at radius 2 is 1.84 bits per heavy atom. The molecule has 1 aromatic heterocycles.